The maximum absolute atomic E-state index is 13.1. The van der Waals surface area contributed by atoms with Crippen LogP contribution in [0.1, 0.15) is 39.2 Å². The maximum Gasteiger partial charge on any atom is 0.339 e. The van der Waals surface area contributed by atoms with Crippen LogP contribution in [0.3, 0.4) is 0 Å². The number of rotatable bonds is 3. The lowest BCUT2D eigenvalue weighted by atomic mass is 10.0. The fourth-order valence-electron chi connectivity index (χ4n) is 4.08. The summed E-state index contributed by atoms with van der Waals surface area (Å²) in [5.41, 5.74) is 5.51. The molecular weight excluding hydrogens is 350 g/mol. The molecule has 0 spiro atoms. The van der Waals surface area contributed by atoms with Crippen molar-refractivity contribution >= 4 is 22.4 Å². The van der Waals surface area contributed by atoms with Crippen molar-refractivity contribution in [2.75, 3.05) is 0 Å². The quantitative estimate of drug-likeness (QED) is 0.509. The number of esters is 1. The molecule has 1 aliphatic rings. The third-order valence-electron chi connectivity index (χ3n) is 5.36. The molecule has 4 aromatic rings. The second-order valence-electron chi connectivity index (χ2n) is 6.99. The van der Waals surface area contributed by atoms with Gasteiger partial charge in [0.2, 0.25) is 0 Å². The van der Waals surface area contributed by atoms with Gasteiger partial charge < -0.3 is 9.14 Å². The first kappa shape index (κ1) is 16.5. The fourth-order valence-corrected chi connectivity index (χ4v) is 4.08. The third kappa shape index (κ3) is 2.54. The zero-order valence-corrected chi connectivity index (χ0v) is 15.2. The summed E-state index contributed by atoms with van der Waals surface area (Å²) in [6.07, 6.45) is 6.46. The van der Waals surface area contributed by atoms with E-state index in [1.807, 2.05) is 59.3 Å². The van der Waals surface area contributed by atoms with Gasteiger partial charge in [-0.05, 0) is 43.0 Å². The van der Waals surface area contributed by atoms with Crippen molar-refractivity contribution in [3.05, 3.63) is 82.8 Å². The number of nitriles is 1. The van der Waals surface area contributed by atoms with Crippen LogP contribution in [0.4, 0.5) is 0 Å². The minimum absolute atomic E-state index is 0.0643. The highest BCUT2D eigenvalue weighted by molar-refractivity contribution is 6.05. The molecule has 0 atom stereocenters. The molecule has 3 heterocycles. The van der Waals surface area contributed by atoms with Crippen LogP contribution in [0.15, 0.2) is 54.9 Å². The molecule has 5 nitrogen and oxygen atoms in total. The molecular formula is C23H17N3O2. The lowest BCUT2D eigenvalue weighted by molar-refractivity contribution is 0.0473. The van der Waals surface area contributed by atoms with Gasteiger partial charge in [-0.2, -0.15) is 5.26 Å². The smallest absolute Gasteiger partial charge is 0.339 e. The van der Waals surface area contributed by atoms with E-state index in [2.05, 4.69) is 6.07 Å². The Bertz CT molecular complexity index is 1280. The lowest BCUT2D eigenvalue weighted by Crippen LogP contribution is -2.10. The molecule has 0 saturated carbocycles. The molecule has 0 saturated heterocycles. The summed E-state index contributed by atoms with van der Waals surface area (Å²) in [4.78, 5) is 17.8. The fraction of sp³-hybridized carbons (Fsp3) is 0.174. The average molecular weight is 367 g/mol. The third-order valence-corrected chi connectivity index (χ3v) is 5.36. The molecule has 5 heteroatoms. The molecule has 1 aliphatic carbocycles. The summed E-state index contributed by atoms with van der Waals surface area (Å²) >= 11 is 0. The van der Waals surface area contributed by atoms with E-state index in [0.717, 1.165) is 46.9 Å². The molecule has 0 N–H and O–H groups in total. The van der Waals surface area contributed by atoms with Crippen LogP contribution in [-0.2, 0) is 24.2 Å². The molecule has 0 aliphatic heterocycles. The number of fused-ring (bicyclic) bond motifs is 3. The molecule has 136 valence electrons. The monoisotopic (exact) mass is 367 g/mol. The van der Waals surface area contributed by atoms with Crippen molar-refractivity contribution in [3.8, 4) is 6.07 Å². The van der Waals surface area contributed by atoms with Crippen molar-refractivity contribution in [3.63, 3.8) is 0 Å². The first-order valence-corrected chi connectivity index (χ1v) is 9.32. The van der Waals surface area contributed by atoms with Gasteiger partial charge >= 0.3 is 5.97 Å². The van der Waals surface area contributed by atoms with E-state index in [4.69, 9.17) is 9.72 Å². The first-order valence-electron chi connectivity index (χ1n) is 9.32. The van der Waals surface area contributed by atoms with Crippen LogP contribution >= 0.6 is 0 Å². The van der Waals surface area contributed by atoms with E-state index in [1.54, 1.807) is 0 Å². The van der Waals surface area contributed by atoms with Crippen LogP contribution in [0.5, 0.6) is 0 Å². The highest BCUT2D eigenvalue weighted by Crippen LogP contribution is 2.31. The van der Waals surface area contributed by atoms with Gasteiger partial charge in [-0.1, -0.05) is 24.3 Å². The van der Waals surface area contributed by atoms with Crippen molar-refractivity contribution in [1.29, 1.82) is 5.26 Å². The SMILES string of the molecule is N#Cc1c(COC(=O)c2c3c(nc4ccccc24)CCC3)cn2ccccc12. The Balaban J connectivity index is 1.52. The van der Waals surface area contributed by atoms with Crippen molar-refractivity contribution in [1.82, 2.24) is 9.38 Å². The number of aromatic nitrogens is 2. The Kier molecular flexibility index (Phi) is 3.84. The molecule has 28 heavy (non-hydrogen) atoms. The normalized spacial score (nSPS) is 12.8. The average Bonchev–Trinajstić information content (AvgIpc) is 3.33. The van der Waals surface area contributed by atoms with Gasteiger partial charge in [0, 0.05) is 29.0 Å². The van der Waals surface area contributed by atoms with Gasteiger partial charge in [-0.25, -0.2) is 4.79 Å². The van der Waals surface area contributed by atoms with Gasteiger partial charge in [-0.3, -0.25) is 4.98 Å². The van der Waals surface area contributed by atoms with Crippen molar-refractivity contribution in [2.45, 2.75) is 25.9 Å². The van der Waals surface area contributed by atoms with Crippen LogP contribution in [0.2, 0.25) is 0 Å². The minimum atomic E-state index is -0.351. The summed E-state index contributed by atoms with van der Waals surface area (Å²) in [6.45, 7) is 0.0643. The number of carbonyl (C=O) groups excluding carboxylic acids is 1. The highest BCUT2D eigenvalue weighted by atomic mass is 16.5. The number of para-hydroxylation sites is 1. The Morgan fingerprint density at radius 3 is 2.93 bits per heavy atom. The van der Waals surface area contributed by atoms with Gasteiger partial charge in [0.15, 0.2) is 0 Å². The summed E-state index contributed by atoms with van der Waals surface area (Å²) in [7, 11) is 0. The Morgan fingerprint density at radius 2 is 2.04 bits per heavy atom. The van der Waals surface area contributed by atoms with Crippen molar-refractivity contribution in [2.24, 2.45) is 0 Å². The van der Waals surface area contributed by atoms with E-state index >= 15 is 0 Å². The van der Waals surface area contributed by atoms with Gasteiger partial charge in [0.25, 0.3) is 0 Å². The zero-order chi connectivity index (χ0) is 19.1. The number of nitrogens with zero attached hydrogens (tertiary/aromatic N) is 3. The summed E-state index contributed by atoms with van der Waals surface area (Å²) in [5, 5.41) is 10.4. The highest BCUT2D eigenvalue weighted by Gasteiger charge is 2.25. The molecule has 3 aromatic heterocycles. The Morgan fingerprint density at radius 1 is 1.18 bits per heavy atom. The predicted molar refractivity (Wildman–Crippen MR) is 105 cm³/mol. The van der Waals surface area contributed by atoms with E-state index in [1.165, 1.54) is 0 Å². The number of carbonyl (C=O) groups is 1. The van der Waals surface area contributed by atoms with Crippen LogP contribution in [0, 0.1) is 11.3 Å². The topological polar surface area (TPSA) is 67.4 Å². The molecule has 0 radical (unpaired) electrons. The molecule has 1 aromatic carbocycles. The van der Waals surface area contributed by atoms with Gasteiger partial charge in [0.05, 0.1) is 22.2 Å². The number of ether oxygens (including phenoxy) is 1. The summed E-state index contributed by atoms with van der Waals surface area (Å²) in [5.74, 6) is -0.351. The number of hydrogen-bond donors (Lipinski definition) is 0. The van der Waals surface area contributed by atoms with E-state index < -0.39 is 0 Å². The van der Waals surface area contributed by atoms with E-state index in [-0.39, 0.29) is 12.6 Å². The van der Waals surface area contributed by atoms with E-state index in [0.29, 0.717) is 16.7 Å². The molecule has 0 unspecified atom stereocenters. The van der Waals surface area contributed by atoms with Gasteiger partial charge in [0.1, 0.15) is 12.7 Å². The second kappa shape index (κ2) is 6.50. The number of benzene rings is 1. The van der Waals surface area contributed by atoms with Crippen LogP contribution in [-0.4, -0.2) is 15.4 Å². The number of pyridine rings is 2. The molecule has 0 fully saturated rings. The minimum Gasteiger partial charge on any atom is -0.457 e. The Labute approximate surface area is 161 Å². The first-order chi connectivity index (χ1) is 13.8. The summed E-state index contributed by atoms with van der Waals surface area (Å²) in [6, 6.07) is 15.6. The van der Waals surface area contributed by atoms with Crippen LogP contribution in [0.25, 0.3) is 16.4 Å². The molecule has 0 bridgehead atoms. The Hall–Kier alpha value is -3.65. The zero-order valence-electron chi connectivity index (χ0n) is 15.2. The van der Waals surface area contributed by atoms with Crippen molar-refractivity contribution < 1.29 is 9.53 Å². The summed E-state index contributed by atoms with van der Waals surface area (Å²) < 4.78 is 7.56. The lowest BCUT2D eigenvalue weighted by Gasteiger charge is -2.12. The number of hydrogen-bond acceptors (Lipinski definition) is 4. The van der Waals surface area contributed by atoms with Crippen LogP contribution < -0.4 is 0 Å². The molecule has 0 amide bonds. The molecule has 5 rings (SSSR count). The largest absolute Gasteiger partial charge is 0.457 e. The second-order valence-corrected chi connectivity index (χ2v) is 6.99. The predicted octanol–water partition coefficient (Wildman–Crippen LogP) is 4.20. The van der Waals surface area contributed by atoms with E-state index in [9.17, 15) is 10.1 Å². The number of aryl methyl sites for hydroxylation is 1. The standard InChI is InChI=1S/C23H17N3O2/c24-12-18-15(13-26-11-4-3-10-21(18)26)14-28-23(27)22-16-6-1-2-8-19(16)25-20-9-5-7-17(20)22/h1-4,6,8,10-11,13H,5,7,9,14H2. The van der Waals surface area contributed by atoms with Gasteiger partial charge in [-0.15, -0.1) is 0 Å². The maximum atomic E-state index is 13.1.